The second-order valence-corrected chi connectivity index (χ2v) is 8.51. The average molecular weight is 337 g/mol. The Morgan fingerprint density at radius 2 is 1.27 bits per heavy atom. The first-order valence-electron chi connectivity index (χ1n) is 8.94. The SMILES string of the molecule is CCCCCCCCCCCCC(O)C(C)(CC)S(=O)(=O)O. The van der Waals surface area contributed by atoms with Crippen molar-refractivity contribution in [2.45, 2.75) is 109 Å². The zero-order valence-electron chi connectivity index (χ0n) is 14.7. The molecule has 134 valence electrons. The van der Waals surface area contributed by atoms with E-state index in [-0.39, 0.29) is 6.42 Å². The van der Waals surface area contributed by atoms with E-state index in [0.29, 0.717) is 6.42 Å². The van der Waals surface area contributed by atoms with Crippen molar-refractivity contribution in [1.29, 1.82) is 0 Å². The summed E-state index contributed by atoms with van der Waals surface area (Å²) < 4.78 is 30.6. The van der Waals surface area contributed by atoms with Crippen molar-refractivity contribution >= 4 is 10.1 Å². The third kappa shape index (κ3) is 7.93. The molecule has 0 bridgehead atoms. The van der Waals surface area contributed by atoms with Gasteiger partial charge in [0.1, 0.15) is 4.75 Å². The van der Waals surface area contributed by atoms with Gasteiger partial charge in [0.15, 0.2) is 0 Å². The van der Waals surface area contributed by atoms with Crippen LogP contribution in [-0.4, -0.2) is 28.9 Å². The third-order valence-electron chi connectivity index (χ3n) is 4.83. The van der Waals surface area contributed by atoms with Crippen LogP contribution < -0.4 is 0 Å². The lowest BCUT2D eigenvalue weighted by Crippen LogP contribution is -2.45. The normalized spacial score (nSPS) is 16.4. The van der Waals surface area contributed by atoms with Gasteiger partial charge in [0.25, 0.3) is 10.1 Å². The Kier molecular flexibility index (Phi) is 11.3. The molecule has 2 unspecified atom stereocenters. The molecular formula is C17H36O4S. The van der Waals surface area contributed by atoms with Crippen LogP contribution in [0.15, 0.2) is 0 Å². The number of rotatable bonds is 14. The standard InChI is InChI=1S/C17H36O4S/c1-4-6-7-8-9-10-11-12-13-14-15-16(18)17(3,5-2)22(19,20)21/h16,18H,4-15H2,1-3H3,(H,19,20,21). The zero-order chi connectivity index (χ0) is 17.1. The van der Waals surface area contributed by atoms with Gasteiger partial charge in [0.05, 0.1) is 6.10 Å². The second-order valence-electron chi connectivity index (χ2n) is 6.63. The minimum Gasteiger partial charge on any atom is -0.391 e. The van der Waals surface area contributed by atoms with Gasteiger partial charge in [0.2, 0.25) is 0 Å². The molecular weight excluding hydrogens is 300 g/mol. The fourth-order valence-corrected chi connectivity index (χ4v) is 3.55. The van der Waals surface area contributed by atoms with E-state index in [0.717, 1.165) is 19.3 Å². The van der Waals surface area contributed by atoms with Crippen LogP contribution in [0, 0.1) is 0 Å². The highest BCUT2D eigenvalue weighted by Crippen LogP contribution is 2.28. The van der Waals surface area contributed by atoms with Crippen LogP contribution in [0.4, 0.5) is 0 Å². The average Bonchev–Trinajstić information content (AvgIpc) is 2.46. The zero-order valence-corrected chi connectivity index (χ0v) is 15.5. The van der Waals surface area contributed by atoms with Crippen molar-refractivity contribution in [1.82, 2.24) is 0 Å². The van der Waals surface area contributed by atoms with Crippen LogP contribution in [0.5, 0.6) is 0 Å². The van der Waals surface area contributed by atoms with Gasteiger partial charge in [-0.1, -0.05) is 78.1 Å². The molecule has 0 rings (SSSR count). The van der Waals surface area contributed by atoms with Crippen molar-refractivity contribution < 1.29 is 18.1 Å². The van der Waals surface area contributed by atoms with Crippen LogP contribution in [0.1, 0.15) is 97.8 Å². The second kappa shape index (κ2) is 11.4. The highest BCUT2D eigenvalue weighted by Gasteiger charge is 2.42. The van der Waals surface area contributed by atoms with E-state index >= 15 is 0 Å². The van der Waals surface area contributed by atoms with Gasteiger partial charge in [0, 0.05) is 0 Å². The lowest BCUT2D eigenvalue weighted by atomic mass is 9.95. The topological polar surface area (TPSA) is 74.6 Å². The van der Waals surface area contributed by atoms with Crippen LogP contribution >= 0.6 is 0 Å². The van der Waals surface area contributed by atoms with Crippen molar-refractivity contribution in [3.05, 3.63) is 0 Å². The number of aliphatic hydroxyl groups is 1. The molecule has 0 aromatic heterocycles. The van der Waals surface area contributed by atoms with E-state index in [4.69, 9.17) is 0 Å². The highest BCUT2D eigenvalue weighted by molar-refractivity contribution is 7.87. The molecule has 0 aliphatic carbocycles. The van der Waals surface area contributed by atoms with Crippen molar-refractivity contribution in [3.63, 3.8) is 0 Å². The predicted molar refractivity (Wildman–Crippen MR) is 92.7 cm³/mol. The van der Waals surface area contributed by atoms with Crippen molar-refractivity contribution in [2.75, 3.05) is 0 Å². The molecule has 22 heavy (non-hydrogen) atoms. The largest absolute Gasteiger partial charge is 0.391 e. The monoisotopic (exact) mass is 336 g/mol. The third-order valence-corrected chi connectivity index (χ3v) is 6.57. The minimum atomic E-state index is -4.23. The number of aliphatic hydroxyl groups excluding tert-OH is 1. The van der Waals surface area contributed by atoms with E-state index in [9.17, 15) is 18.1 Å². The van der Waals surface area contributed by atoms with Gasteiger partial charge < -0.3 is 5.11 Å². The van der Waals surface area contributed by atoms with Gasteiger partial charge in [-0.2, -0.15) is 8.42 Å². The number of unbranched alkanes of at least 4 members (excludes halogenated alkanes) is 9. The Morgan fingerprint density at radius 3 is 1.64 bits per heavy atom. The van der Waals surface area contributed by atoms with Crippen LogP contribution in [-0.2, 0) is 10.1 Å². The van der Waals surface area contributed by atoms with Crippen LogP contribution in [0.3, 0.4) is 0 Å². The fourth-order valence-electron chi connectivity index (χ4n) is 2.72. The molecule has 0 aromatic rings. The van der Waals surface area contributed by atoms with E-state index < -0.39 is 21.0 Å². The molecule has 0 aliphatic rings. The van der Waals surface area contributed by atoms with E-state index in [1.165, 1.54) is 51.9 Å². The minimum absolute atomic E-state index is 0.213. The summed E-state index contributed by atoms with van der Waals surface area (Å²) in [6.07, 6.45) is 11.7. The summed E-state index contributed by atoms with van der Waals surface area (Å²) in [7, 11) is -4.23. The predicted octanol–water partition coefficient (Wildman–Crippen LogP) is 4.71. The molecule has 2 atom stereocenters. The van der Waals surface area contributed by atoms with Gasteiger partial charge in [-0.15, -0.1) is 0 Å². The molecule has 0 saturated carbocycles. The molecule has 0 aromatic carbocycles. The smallest absolute Gasteiger partial charge is 0.272 e. The molecule has 0 aliphatic heterocycles. The maximum Gasteiger partial charge on any atom is 0.272 e. The van der Waals surface area contributed by atoms with Gasteiger partial charge in [-0.3, -0.25) is 4.55 Å². The molecule has 5 heteroatoms. The first kappa shape index (κ1) is 21.9. The molecule has 0 saturated heterocycles. The van der Waals surface area contributed by atoms with Crippen molar-refractivity contribution in [2.24, 2.45) is 0 Å². The summed E-state index contributed by atoms with van der Waals surface area (Å²) in [5, 5.41) is 10.1. The Labute approximate surface area is 137 Å². The number of hydrogen-bond donors (Lipinski definition) is 2. The van der Waals surface area contributed by atoms with E-state index in [2.05, 4.69) is 6.92 Å². The summed E-state index contributed by atoms with van der Waals surface area (Å²) in [4.78, 5) is 0. The first-order chi connectivity index (χ1) is 10.3. The lowest BCUT2D eigenvalue weighted by molar-refractivity contribution is 0.111. The Morgan fingerprint density at radius 1 is 0.864 bits per heavy atom. The molecule has 0 heterocycles. The summed E-state index contributed by atoms with van der Waals surface area (Å²) in [6.45, 7) is 5.32. The van der Waals surface area contributed by atoms with E-state index in [1.807, 2.05) is 0 Å². The maximum absolute atomic E-state index is 11.4. The lowest BCUT2D eigenvalue weighted by Gasteiger charge is -2.30. The first-order valence-corrected chi connectivity index (χ1v) is 10.4. The molecule has 0 radical (unpaired) electrons. The van der Waals surface area contributed by atoms with Gasteiger partial charge >= 0.3 is 0 Å². The Bertz CT molecular complexity index is 367. The highest BCUT2D eigenvalue weighted by atomic mass is 32.2. The molecule has 0 fully saturated rings. The fraction of sp³-hybridized carbons (Fsp3) is 1.00. The molecule has 2 N–H and O–H groups in total. The summed E-state index contributed by atoms with van der Waals surface area (Å²) in [5.74, 6) is 0. The Hall–Kier alpha value is -0.130. The molecule has 4 nitrogen and oxygen atoms in total. The number of hydrogen-bond acceptors (Lipinski definition) is 3. The summed E-state index contributed by atoms with van der Waals surface area (Å²) in [6, 6.07) is 0. The molecule has 0 spiro atoms. The molecule has 0 amide bonds. The van der Waals surface area contributed by atoms with E-state index in [1.54, 1.807) is 6.92 Å². The quantitative estimate of drug-likeness (QED) is 0.356. The summed E-state index contributed by atoms with van der Waals surface area (Å²) >= 11 is 0. The maximum atomic E-state index is 11.4. The Balaban J connectivity index is 3.75. The van der Waals surface area contributed by atoms with Gasteiger partial charge in [-0.05, 0) is 19.8 Å². The summed E-state index contributed by atoms with van der Waals surface area (Å²) in [5.41, 5.74) is 0. The van der Waals surface area contributed by atoms with Gasteiger partial charge in [-0.25, -0.2) is 0 Å². The van der Waals surface area contributed by atoms with Crippen LogP contribution in [0.25, 0.3) is 0 Å². The van der Waals surface area contributed by atoms with Crippen LogP contribution in [0.2, 0.25) is 0 Å². The van der Waals surface area contributed by atoms with Crippen molar-refractivity contribution in [3.8, 4) is 0 Å².